The van der Waals surface area contributed by atoms with Gasteiger partial charge in [0.2, 0.25) is 10.0 Å². The first kappa shape index (κ1) is 20.3. The number of ether oxygens (including phenoxy) is 1. The third-order valence-electron chi connectivity index (χ3n) is 5.23. The molecule has 7 nitrogen and oxygen atoms in total. The van der Waals surface area contributed by atoms with E-state index in [-0.39, 0.29) is 0 Å². The predicted molar refractivity (Wildman–Crippen MR) is 116 cm³/mol. The Bertz CT molecular complexity index is 1110. The Morgan fingerprint density at radius 3 is 2.23 bits per heavy atom. The summed E-state index contributed by atoms with van der Waals surface area (Å²) in [5.41, 5.74) is 2.67. The summed E-state index contributed by atoms with van der Waals surface area (Å²) in [5.74, 6) is 1.54. The monoisotopic (exact) mass is 424 g/mol. The fourth-order valence-corrected chi connectivity index (χ4v) is 5.02. The minimum atomic E-state index is -3.48. The fourth-order valence-electron chi connectivity index (χ4n) is 3.49. The van der Waals surface area contributed by atoms with Crippen molar-refractivity contribution in [2.45, 2.75) is 11.8 Å². The molecule has 0 unspecified atom stereocenters. The number of hydrogen-bond donors (Lipinski definition) is 0. The van der Waals surface area contributed by atoms with Crippen LogP contribution in [0.15, 0.2) is 65.6 Å². The highest BCUT2D eigenvalue weighted by Gasteiger charge is 2.29. The zero-order chi connectivity index (χ0) is 21.1. The maximum absolute atomic E-state index is 12.9. The van der Waals surface area contributed by atoms with Crippen molar-refractivity contribution < 1.29 is 13.2 Å². The molecule has 2 heterocycles. The van der Waals surface area contributed by atoms with Crippen LogP contribution in [0, 0.1) is 6.92 Å². The molecule has 1 saturated heterocycles. The van der Waals surface area contributed by atoms with E-state index in [4.69, 9.17) is 4.74 Å². The van der Waals surface area contributed by atoms with Crippen LogP contribution in [0.4, 0.5) is 5.82 Å². The summed E-state index contributed by atoms with van der Waals surface area (Å²) >= 11 is 0. The number of hydrogen-bond acceptors (Lipinski definition) is 6. The van der Waals surface area contributed by atoms with Crippen LogP contribution in [0.2, 0.25) is 0 Å². The van der Waals surface area contributed by atoms with Crippen molar-refractivity contribution in [2.75, 3.05) is 38.2 Å². The van der Waals surface area contributed by atoms with Crippen LogP contribution >= 0.6 is 0 Å². The van der Waals surface area contributed by atoms with E-state index in [1.807, 2.05) is 49.4 Å². The number of anilines is 1. The summed E-state index contributed by atoms with van der Waals surface area (Å²) in [6.45, 7) is 3.87. The number of rotatable bonds is 5. The molecule has 1 aromatic heterocycles. The molecule has 0 amide bonds. The highest BCUT2D eigenvalue weighted by molar-refractivity contribution is 7.89. The van der Waals surface area contributed by atoms with Crippen molar-refractivity contribution in [2.24, 2.45) is 0 Å². The molecular weight excluding hydrogens is 400 g/mol. The molecule has 0 bridgehead atoms. The average molecular weight is 425 g/mol. The molecule has 1 fully saturated rings. The summed E-state index contributed by atoms with van der Waals surface area (Å²) in [7, 11) is -1.84. The van der Waals surface area contributed by atoms with Crippen molar-refractivity contribution in [1.29, 1.82) is 0 Å². The molecule has 4 rings (SSSR count). The first-order valence-electron chi connectivity index (χ1n) is 9.77. The second kappa shape index (κ2) is 8.41. The number of benzene rings is 2. The maximum atomic E-state index is 12.9. The van der Waals surface area contributed by atoms with Gasteiger partial charge in [0, 0.05) is 31.7 Å². The Labute approximate surface area is 177 Å². The number of sulfonamides is 1. The van der Waals surface area contributed by atoms with Crippen LogP contribution in [0.3, 0.4) is 0 Å². The predicted octanol–water partition coefficient (Wildman–Crippen LogP) is 2.97. The number of methoxy groups -OCH3 is 1. The zero-order valence-corrected chi connectivity index (χ0v) is 17.8. The van der Waals surface area contributed by atoms with Gasteiger partial charge in [-0.25, -0.2) is 8.42 Å². The van der Waals surface area contributed by atoms with Crippen LogP contribution in [0.5, 0.6) is 5.75 Å². The van der Waals surface area contributed by atoms with Crippen molar-refractivity contribution in [1.82, 2.24) is 14.5 Å². The summed E-state index contributed by atoms with van der Waals surface area (Å²) in [5, 5.41) is 8.70. The number of nitrogens with zero attached hydrogens (tertiary/aromatic N) is 4. The molecule has 0 saturated carbocycles. The van der Waals surface area contributed by atoms with E-state index in [2.05, 4.69) is 15.1 Å². The second-order valence-electron chi connectivity index (χ2n) is 7.21. The van der Waals surface area contributed by atoms with Crippen LogP contribution in [-0.2, 0) is 10.0 Å². The van der Waals surface area contributed by atoms with Gasteiger partial charge in [-0.2, -0.15) is 4.31 Å². The lowest BCUT2D eigenvalue weighted by molar-refractivity contribution is 0.383. The first-order valence-corrected chi connectivity index (χ1v) is 11.2. The molecule has 0 aliphatic carbocycles. The Balaban J connectivity index is 1.42. The minimum Gasteiger partial charge on any atom is -0.497 e. The zero-order valence-electron chi connectivity index (χ0n) is 17.0. The van der Waals surface area contributed by atoms with Gasteiger partial charge in [-0.3, -0.25) is 0 Å². The highest BCUT2D eigenvalue weighted by atomic mass is 32.2. The van der Waals surface area contributed by atoms with E-state index in [0.29, 0.717) is 31.1 Å². The van der Waals surface area contributed by atoms with Crippen LogP contribution in [0.1, 0.15) is 5.56 Å². The Morgan fingerprint density at radius 2 is 1.63 bits per heavy atom. The van der Waals surface area contributed by atoms with Gasteiger partial charge in [0.1, 0.15) is 5.75 Å². The second-order valence-corrected chi connectivity index (χ2v) is 9.15. The van der Waals surface area contributed by atoms with Gasteiger partial charge in [0.25, 0.3) is 0 Å². The number of piperazine rings is 1. The molecule has 3 aromatic rings. The SMILES string of the molecule is COc1ccc(-c2ccc(N3CCN(S(=O)(=O)c4cccc(C)c4)CC3)nn2)cc1. The standard InChI is InChI=1S/C22H24N4O3S/c1-17-4-3-5-20(16-17)30(27,28)26-14-12-25(13-15-26)22-11-10-21(23-24-22)18-6-8-19(29-2)9-7-18/h3-11,16H,12-15H2,1-2H3. The summed E-state index contributed by atoms with van der Waals surface area (Å²) in [6, 6.07) is 18.6. The lowest BCUT2D eigenvalue weighted by Crippen LogP contribution is -2.49. The largest absolute Gasteiger partial charge is 0.497 e. The smallest absolute Gasteiger partial charge is 0.243 e. The molecule has 0 N–H and O–H groups in total. The molecule has 1 aliphatic heterocycles. The molecule has 8 heteroatoms. The first-order chi connectivity index (χ1) is 14.5. The van der Waals surface area contributed by atoms with Gasteiger partial charge in [0.05, 0.1) is 17.7 Å². The Kier molecular flexibility index (Phi) is 5.69. The maximum Gasteiger partial charge on any atom is 0.243 e. The van der Waals surface area contributed by atoms with Crippen LogP contribution in [0.25, 0.3) is 11.3 Å². The van der Waals surface area contributed by atoms with E-state index in [9.17, 15) is 8.42 Å². The van der Waals surface area contributed by atoms with E-state index in [0.717, 1.165) is 28.4 Å². The topological polar surface area (TPSA) is 75.6 Å². The van der Waals surface area contributed by atoms with Crippen molar-refractivity contribution in [3.63, 3.8) is 0 Å². The molecule has 0 radical (unpaired) electrons. The summed E-state index contributed by atoms with van der Waals surface area (Å²) in [6.07, 6.45) is 0. The van der Waals surface area contributed by atoms with Crippen molar-refractivity contribution >= 4 is 15.8 Å². The summed E-state index contributed by atoms with van der Waals surface area (Å²) in [4.78, 5) is 2.41. The van der Waals surface area contributed by atoms with Gasteiger partial charge >= 0.3 is 0 Å². The molecule has 0 atom stereocenters. The van der Waals surface area contributed by atoms with Gasteiger partial charge < -0.3 is 9.64 Å². The number of aromatic nitrogens is 2. The van der Waals surface area contributed by atoms with Crippen LogP contribution in [-0.4, -0.2) is 56.2 Å². The lowest BCUT2D eigenvalue weighted by atomic mass is 10.1. The normalized spacial score (nSPS) is 15.2. The molecule has 1 aliphatic rings. The van der Waals surface area contributed by atoms with E-state index >= 15 is 0 Å². The van der Waals surface area contributed by atoms with Gasteiger partial charge in [-0.1, -0.05) is 12.1 Å². The molecule has 156 valence electrons. The molecule has 0 spiro atoms. The summed E-state index contributed by atoms with van der Waals surface area (Å²) < 4.78 is 32.5. The van der Waals surface area contributed by atoms with Gasteiger partial charge in [0.15, 0.2) is 5.82 Å². The Morgan fingerprint density at radius 1 is 0.900 bits per heavy atom. The van der Waals surface area contributed by atoms with Gasteiger partial charge in [-0.05, 0) is 61.0 Å². The minimum absolute atomic E-state index is 0.347. The quantitative estimate of drug-likeness (QED) is 0.627. The highest BCUT2D eigenvalue weighted by Crippen LogP contribution is 2.23. The molecule has 30 heavy (non-hydrogen) atoms. The average Bonchev–Trinajstić information content (AvgIpc) is 2.79. The third-order valence-corrected chi connectivity index (χ3v) is 7.12. The van der Waals surface area contributed by atoms with Crippen molar-refractivity contribution in [3.8, 4) is 17.0 Å². The van der Waals surface area contributed by atoms with E-state index in [1.165, 1.54) is 4.31 Å². The van der Waals surface area contributed by atoms with Gasteiger partial charge in [-0.15, -0.1) is 10.2 Å². The van der Waals surface area contributed by atoms with E-state index in [1.54, 1.807) is 25.3 Å². The molecule has 2 aromatic carbocycles. The third kappa shape index (κ3) is 4.15. The Hall–Kier alpha value is -2.97. The van der Waals surface area contributed by atoms with E-state index < -0.39 is 10.0 Å². The fraction of sp³-hybridized carbons (Fsp3) is 0.273. The lowest BCUT2D eigenvalue weighted by Gasteiger charge is -2.34. The molecular formula is C22H24N4O3S. The number of aryl methyl sites for hydroxylation is 1. The van der Waals surface area contributed by atoms with Crippen molar-refractivity contribution in [3.05, 3.63) is 66.2 Å². The van der Waals surface area contributed by atoms with Crippen LogP contribution < -0.4 is 9.64 Å².